The van der Waals surface area contributed by atoms with E-state index in [-0.39, 0.29) is 11.7 Å². The fraction of sp³-hybridized carbons (Fsp3) is 0.0476. The van der Waals surface area contributed by atoms with Crippen molar-refractivity contribution in [2.45, 2.75) is 6.54 Å². The molecule has 1 amide bonds. The van der Waals surface area contributed by atoms with E-state index in [4.69, 9.17) is 11.6 Å². The zero-order valence-electron chi connectivity index (χ0n) is 13.7. The molecule has 3 aromatic rings. The minimum absolute atomic E-state index is 0.110. The summed E-state index contributed by atoms with van der Waals surface area (Å²) < 4.78 is 15.8. The highest BCUT2D eigenvalue weighted by molar-refractivity contribution is 6.34. The van der Waals surface area contributed by atoms with E-state index in [0.717, 1.165) is 16.8 Å². The highest BCUT2D eigenvalue weighted by Gasteiger charge is 2.23. The van der Waals surface area contributed by atoms with Gasteiger partial charge in [-0.15, -0.1) is 0 Å². The normalized spacial score (nSPS) is 14.4. The summed E-state index contributed by atoms with van der Waals surface area (Å²) in [4.78, 5) is 12.2. The Balaban J connectivity index is 1.60. The topological polar surface area (TPSA) is 33.0 Å². The second-order valence-corrected chi connectivity index (χ2v) is 6.47. The largest absolute Gasteiger partial charge is 0.321 e. The van der Waals surface area contributed by atoms with Gasteiger partial charge in [-0.2, -0.15) is 0 Å². The Bertz CT molecular complexity index is 1010. The molecule has 0 spiro atoms. The molecule has 0 radical (unpaired) electrons. The number of hydrogen-bond acceptors (Lipinski definition) is 1. The molecule has 1 aliphatic heterocycles. The highest BCUT2D eigenvalue weighted by atomic mass is 35.5. The zero-order valence-corrected chi connectivity index (χ0v) is 14.5. The van der Waals surface area contributed by atoms with Crippen LogP contribution in [0.15, 0.2) is 67.0 Å². The van der Waals surface area contributed by atoms with E-state index in [2.05, 4.69) is 5.32 Å². The molecule has 1 aromatic heterocycles. The number of para-hydroxylation sites is 1. The molecule has 0 fully saturated rings. The molecule has 1 N–H and O–H groups in total. The number of hydrogen-bond donors (Lipinski definition) is 1. The molecule has 4 rings (SSSR count). The summed E-state index contributed by atoms with van der Waals surface area (Å²) >= 11 is 6.08. The van der Waals surface area contributed by atoms with E-state index in [1.165, 1.54) is 6.07 Å². The lowest BCUT2D eigenvalue weighted by molar-refractivity contribution is -0.688. The molecule has 0 saturated carbocycles. The number of carbonyl (C=O) groups excluding carboxylic acids is 1. The first-order valence-electron chi connectivity index (χ1n) is 8.16. The summed E-state index contributed by atoms with van der Waals surface area (Å²) in [5.41, 5.74) is 3.70. The summed E-state index contributed by atoms with van der Waals surface area (Å²) in [5.74, 6) is -0.434. The van der Waals surface area contributed by atoms with Crippen LogP contribution in [0.4, 0.5) is 10.1 Å². The quantitative estimate of drug-likeness (QED) is 0.544. The molecule has 0 aliphatic carbocycles. The fourth-order valence-electron chi connectivity index (χ4n) is 2.99. The van der Waals surface area contributed by atoms with Crippen LogP contribution < -0.4 is 9.88 Å². The molecule has 0 atom stereocenters. The van der Waals surface area contributed by atoms with Gasteiger partial charge in [0.1, 0.15) is 5.82 Å². The Morgan fingerprint density at radius 1 is 1.04 bits per heavy atom. The van der Waals surface area contributed by atoms with Gasteiger partial charge < -0.3 is 5.32 Å². The zero-order chi connectivity index (χ0) is 18.1. The third-order valence-corrected chi connectivity index (χ3v) is 4.69. The summed E-state index contributed by atoms with van der Waals surface area (Å²) in [7, 11) is 0. The standard InChI is InChI=1S/C21H14ClFN2O/c22-18-5-3-6-19(23)17(18)13-25-10-8-14(9-11-25)12-16-15-4-1-2-7-20(15)24-21(16)26/h1-12H,13H2/p+1. The molecular weight excluding hydrogens is 351 g/mol. The average molecular weight is 366 g/mol. The molecule has 1 aliphatic rings. The lowest BCUT2D eigenvalue weighted by Gasteiger charge is -2.03. The van der Waals surface area contributed by atoms with Crippen molar-refractivity contribution in [2.75, 3.05) is 5.32 Å². The van der Waals surface area contributed by atoms with Gasteiger partial charge in [0.2, 0.25) is 0 Å². The number of nitrogens with one attached hydrogen (secondary N) is 1. The first kappa shape index (κ1) is 16.5. The number of halogens is 2. The van der Waals surface area contributed by atoms with Crippen LogP contribution in [0, 0.1) is 5.82 Å². The Labute approximate surface area is 155 Å². The molecule has 2 aromatic carbocycles. The molecule has 2 heterocycles. The van der Waals surface area contributed by atoms with Crippen LogP contribution in [0.2, 0.25) is 5.02 Å². The van der Waals surface area contributed by atoms with E-state index in [1.807, 2.05) is 59.4 Å². The lowest BCUT2D eigenvalue weighted by atomic mass is 10.0. The van der Waals surface area contributed by atoms with Crippen LogP contribution in [-0.4, -0.2) is 5.91 Å². The third-order valence-electron chi connectivity index (χ3n) is 4.34. The maximum atomic E-state index is 13.9. The fourth-order valence-corrected chi connectivity index (χ4v) is 3.21. The number of fused-ring (bicyclic) bond motifs is 1. The summed E-state index contributed by atoms with van der Waals surface area (Å²) in [6.07, 6.45) is 5.53. The van der Waals surface area contributed by atoms with Crippen LogP contribution in [0.25, 0.3) is 11.6 Å². The number of nitrogens with zero attached hydrogens (tertiary/aromatic N) is 1. The Morgan fingerprint density at radius 3 is 2.58 bits per heavy atom. The molecular formula is C21H15ClFN2O+. The van der Waals surface area contributed by atoms with Crippen molar-refractivity contribution in [1.82, 2.24) is 0 Å². The Morgan fingerprint density at radius 2 is 1.81 bits per heavy atom. The monoisotopic (exact) mass is 365 g/mol. The molecule has 3 nitrogen and oxygen atoms in total. The van der Waals surface area contributed by atoms with Crippen molar-refractivity contribution in [3.63, 3.8) is 0 Å². The number of pyridine rings is 1. The predicted octanol–water partition coefficient (Wildman–Crippen LogP) is 4.31. The Kier molecular flexibility index (Phi) is 4.27. The van der Waals surface area contributed by atoms with Crippen molar-refractivity contribution in [3.8, 4) is 0 Å². The molecule has 5 heteroatoms. The van der Waals surface area contributed by atoms with Gasteiger partial charge in [-0.3, -0.25) is 4.79 Å². The summed E-state index contributed by atoms with van der Waals surface area (Å²) in [6.45, 7) is 0.339. The number of anilines is 1. The Hall–Kier alpha value is -2.98. The molecule has 0 unspecified atom stereocenters. The second kappa shape index (κ2) is 6.73. The van der Waals surface area contributed by atoms with Crippen LogP contribution in [0.1, 0.15) is 16.7 Å². The van der Waals surface area contributed by atoms with Crippen LogP contribution in [0.5, 0.6) is 0 Å². The van der Waals surface area contributed by atoms with Crippen molar-refractivity contribution >= 4 is 34.8 Å². The minimum atomic E-state index is -0.324. The number of aromatic nitrogens is 1. The van der Waals surface area contributed by atoms with Gasteiger partial charge in [0.25, 0.3) is 5.91 Å². The van der Waals surface area contributed by atoms with E-state index < -0.39 is 0 Å². The third kappa shape index (κ3) is 3.11. The van der Waals surface area contributed by atoms with Crippen molar-refractivity contribution < 1.29 is 13.8 Å². The van der Waals surface area contributed by atoms with E-state index in [9.17, 15) is 9.18 Å². The van der Waals surface area contributed by atoms with Crippen molar-refractivity contribution in [1.29, 1.82) is 0 Å². The van der Waals surface area contributed by atoms with Gasteiger partial charge in [0.15, 0.2) is 18.9 Å². The average Bonchev–Trinajstić information content (AvgIpc) is 2.95. The molecule has 0 saturated heterocycles. The van der Waals surface area contributed by atoms with Gasteiger partial charge in [-0.1, -0.05) is 35.9 Å². The van der Waals surface area contributed by atoms with Gasteiger partial charge >= 0.3 is 0 Å². The van der Waals surface area contributed by atoms with Crippen molar-refractivity contribution in [2.24, 2.45) is 0 Å². The highest BCUT2D eigenvalue weighted by Crippen LogP contribution is 2.32. The SMILES string of the molecule is O=C1Nc2ccccc2C1=Cc1cc[n+](Cc2c(F)cccc2Cl)cc1. The minimum Gasteiger partial charge on any atom is -0.321 e. The first-order valence-corrected chi connectivity index (χ1v) is 8.54. The number of amides is 1. The maximum Gasteiger partial charge on any atom is 0.256 e. The maximum absolute atomic E-state index is 13.9. The summed E-state index contributed by atoms with van der Waals surface area (Å²) in [6, 6.07) is 16.0. The smallest absolute Gasteiger partial charge is 0.256 e. The van der Waals surface area contributed by atoms with Crippen LogP contribution >= 0.6 is 11.6 Å². The van der Waals surface area contributed by atoms with Crippen LogP contribution in [0.3, 0.4) is 0 Å². The lowest BCUT2D eigenvalue weighted by Crippen LogP contribution is -2.33. The van der Waals surface area contributed by atoms with Gasteiger partial charge in [0.05, 0.1) is 10.6 Å². The van der Waals surface area contributed by atoms with Crippen LogP contribution in [-0.2, 0) is 11.3 Å². The van der Waals surface area contributed by atoms with Crippen molar-refractivity contribution in [3.05, 3.63) is 94.5 Å². The summed E-state index contributed by atoms with van der Waals surface area (Å²) in [5, 5.41) is 3.26. The molecule has 26 heavy (non-hydrogen) atoms. The molecule has 128 valence electrons. The van der Waals surface area contributed by atoms with E-state index in [0.29, 0.717) is 22.7 Å². The van der Waals surface area contributed by atoms with Gasteiger partial charge in [-0.05, 0) is 29.8 Å². The second-order valence-electron chi connectivity index (χ2n) is 6.06. The van der Waals surface area contributed by atoms with E-state index in [1.54, 1.807) is 12.1 Å². The molecule has 0 bridgehead atoms. The van der Waals surface area contributed by atoms with Gasteiger partial charge in [-0.25, -0.2) is 8.96 Å². The number of carbonyl (C=O) groups is 1. The number of benzene rings is 2. The number of rotatable bonds is 3. The van der Waals surface area contributed by atoms with Gasteiger partial charge in [0, 0.05) is 29.0 Å². The van der Waals surface area contributed by atoms with E-state index >= 15 is 0 Å². The predicted molar refractivity (Wildman–Crippen MR) is 100 cm³/mol. The first-order chi connectivity index (χ1) is 12.6.